The van der Waals surface area contributed by atoms with Crippen LogP contribution in [-0.2, 0) is 9.36 Å². The van der Waals surface area contributed by atoms with Crippen LogP contribution in [0.25, 0.3) is 6.08 Å². The number of halogens is 1. The first kappa shape index (κ1) is 24.4. The van der Waals surface area contributed by atoms with Crippen LogP contribution in [0.2, 0.25) is 0 Å². The predicted octanol–water partition coefficient (Wildman–Crippen LogP) is -4.89. The molecule has 2 aliphatic rings. The number of thioether (sulfide) groups is 1. The molecule has 1 aromatic carbocycles. The number of likely N-dealkylation sites (tertiary alicyclic amines) is 1. The Bertz CT molecular complexity index is 796. The number of carbonyl (C=O) groups is 1. The topological polar surface area (TPSA) is 105 Å². The Morgan fingerprint density at radius 1 is 1.27 bits per heavy atom. The number of amides is 1. The molecule has 2 aliphatic heterocycles. The van der Waals surface area contributed by atoms with Crippen molar-refractivity contribution in [3.05, 3.63) is 34.5 Å². The second kappa shape index (κ2) is 10.2. The van der Waals surface area contributed by atoms with Crippen LogP contribution in [0, 0.1) is 5.82 Å². The van der Waals surface area contributed by atoms with Crippen LogP contribution in [0.4, 0.5) is 4.39 Å². The second-order valence-electron chi connectivity index (χ2n) is 5.22. The van der Waals surface area contributed by atoms with E-state index in [1.54, 1.807) is 0 Å². The van der Waals surface area contributed by atoms with Gasteiger partial charge in [0, 0.05) is 18.7 Å². The van der Waals surface area contributed by atoms with Gasteiger partial charge >= 0.3 is 59.1 Å². The molecule has 26 heavy (non-hydrogen) atoms. The van der Waals surface area contributed by atoms with Crippen LogP contribution >= 0.6 is 19.6 Å². The third-order valence-electron chi connectivity index (χ3n) is 3.45. The number of hydrogen-bond acceptors (Lipinski definition) is 7. The maximum atomic E-state index is 13.4. The molecule has 0 spiro atoms. The summed E-state index contributed by atoms with van der Waals surface area (Å²) in [7, 11) is -5.30. The zero-order valence-electron chi connectivity index (χ0n) is 14.3. The van der Waals surface area contributed by atoms with Gasteiger partial charge in [-0.25, -0.2) is 4.39 Å². The van der Waals surface area contributed by atoms with Gasteiger partial charge in [0.15, 0.2) is 5.17 Å². The molecular formula is C14H12FN2Na2O5PS. The molecule has 7 nitrogen and oxygen atoms in total. The molecule has 0 saturated carbocycles. The minimum Gasteiger partial charge on any atom is -0.780 e. The van der Waals surface area contributed by atoms with E-state index in [1.807, 2.05) is 4.90 Å². The van der Waals surface area contributed by atoms with Crippen LogP contribution in [0.3, 0.4) is 0 Å². The van der Waals surface area contributed by atoms with Gasteiger partial charge in [-0.1, -0.05) is 0 Å². The number of phosphoric ester groups is 1. The molecule has 128 valence electrons. The van der Waals surface area contributed by atoms with Crippen molar-refractivity contribution >= 4 is 36.7 Å². The number of aliphatic imine (C=N–C) groups is 1. The van der Waals surface area contributed by atoms with Crippen LogP contribution in [0.1, 0.15) is 18.4 Å². The Balaban J connectivity index is 0.00000169. The SMILES string of the molecule is O=C1N=C(N2CCCC2)S/C1=C\c1cc(F)ccc1OP(=O)([O-])[O-].[Na+].[Na+]. The summed E-state index contributed by atoms with van der Waals surface area (Å²) in [6.07, 6.45) is 3.32. The van der Waals surface area contributed by atoms with Crippen LogP contribution < -0.4 is 73.4 Å². The Kier molecular flexibility index (Phi) is 9.57. The quantitative estimate of drug-likeness (QED) is 0.276. The van der Waals surface area contributed by atoms with Crippen molar-refractivity contribution in [3.8, 4) is 5.75 Å². The molecule has 0 bridgehead atoms. The monoisotopic (exact) mass is 416 g/mol. The first-order chi connectivity index (χ1) is 11.3. The molecule has 0 N–H and O–H groups in total. The molecule has 0 aliphatic carbocycles. The van der Waals surface area contributed by atoms with E-state index in [1.165, 1.54) is 6.08 Å². The largest absolute Gasteiger partial charge is 1.00 e. The summed E-state index contributed by atoms with van der Waals surface area (Å²) in [5.74, 6) is -1.48. The molecule has 1 fully saturated rings. The number of carbonyl (C=O) groups excluding carboxylic acids is 1. The van der Waals surface area contributed by atoms with Gasteiger partial charge in [0.2, 0.25) is 0 Å². The molecule has 1 amide bonds. The third-order valence-corrected chi connectivity index (χ3v) is 4.92. The van der Waals surface area contributed by atoms with Crippen molar-refractivity contribution in [2.45, 2.75) is 12.8 Å². The van der Waals surface area contributed by atoms with Crippen molar-refractivity contribution in [2.24, 2.45) is 4.99 Å². The third kappa shape index (κ3) is 6.44. The fourth-order valence-corrected chi connectivity index (χ4v) is 3.78. The summed E-state index contributed by atoms with van der Waals surface area (Å²) >= 11 is 1.13. The normalized spacial score (nSPS) is 18.4. The molecular weight excluding hydrogens is 404 g/mol. The first-order valence-electron chi connectivity index (χ1n) is 7.10. The average Bonchev–Trinajstić information content (AvgIpc) is 3.11. The number of nitrogens with zero attached hydrogens (tertiary/aromatic N) is 2. The van der Waals surface area contributed by atoms with Crippen molar-refractivity contribution in [3.63, 3.8) is 0 Å². The van der Waals surface area contributed by atoms with E-state index in [0.717, 1.165) is 55.9 Å². The summed E-state index contributed by atoms with van der Waals surface area (Å²) in [5.41, 5.74) is -0.0179. The summed E-state index contributed by atoms with van der Waals surface area (Å²) in [5, 5.41) is 0.570. The summed E-state index contributed by atoms with van der Waals surface area (Å²) in [6.45, 7) is 1.63. The van der Waals surface area contributed by atoms with E-state index in [4.69, 9.17) is 0 Å². The van der Waals surface area contributed by atoms with E-state index in [0.29, 0.717) is 5.17 Å². The van der Waals surface area contributed by atoms with Crippen molar-refractivity contribution in [1.82, 2.24) is 4.90 Å². The van der Waals surface area contributed by atoms with Crippen molar-refractivity contribution in [2.75, 3.05) is 13.1 Å². The second-order valence-corrected chi connectivity index (χ2v) is 7.31. The minimum absolute atomic E-state index is 0. The Morgan fingerprint density at radius 2 is 1.92 bits per heavy atom. The van der Waals surface area contributed by atoms with E-state index in [9.17, 15) is 23.5 Å². The fourth-order valence-electron chi connectivity index (χ4n) is 2.42. The number of rotatable bonds is 3. The molecule has 0 atom stereocenters. The van der Waals surface area contributed by atoms with Crippen molar-refractivity contribution in [1.29, 1.82) is 0 Å². The van der Waals surface area contributed by atoms with Gasteiger partial charge < -0.3 is 23.8 Å². The summed E-state index contributed by atoms with van der Waals surface area (Å²) < 4.78 is 28.6. The molecule has 12 heteroatoms. The standard InChI is InChI=1S/C14H14FN2O5PS.2Na/c15-10-3-4-11(22-23(19,20)21)9(7-10)8-12-13(18)16-14(24-12)17-5-1-2-6-17;;/h3-4,7-8H,1-2,5-6H2,(H2,19,20,21);;/q;2*+1/p-2/b12-8-;;. The van der Waals surface area contributed by atoms with E-state index >= 15 is 0 Å². The molecule has 0 unspecified atom stereocenters. The Labute approximate surface area is 198 Å². The maximum absolute atomic E-state index is 13.4. The number of benzene rings is 1. The van der Waals surface area contributed by atoms with Gasteiger partial charge in [0.05, 0.1) is 4.91 Å². The molecule has 3 rings (SSSR count). The van der Waals surface area contributed by atoms with Crippen LogP contribution in [0.15, 0.2) is 28.1 Å². The van der Waals surface area contributed by atoms with E-state index < -0.39 is 19.5 Å². The van der Waals surface area contributed by atoms with Crippen LogP contribution in [0.5, 0.6) is 5.75 Å². The summed E-state index contributed by atoms with van der Waals surface area (Å²) in [6, 6.07) is 2.97. The molecule has 2 heterocycles. The molecule has 0 radical (unpaired) electrons. The first-order valence-corrected chi connectivity index (χ1v) is 9.38. The van der Waals surface area contributed by atoms with Crippen LogP contribution in [-0.4, -0.2) is 29.1 Å². The van der Waals surface area contributed by atoms with Gasteiger partial charge in [-0.3, -0.25) is 4.79 Å². The molecule has 0 aromatic heterocycles. The van der Waals surface area contributed by atoms with E-state index in [-0.39, 0.29) is 75.3 Å². The Morgan fingerprint density at radius 3 is 2.54 bits per heavy atom. The fraction of sp³-hybridized carbons (Fsp3) is 0.286. The number of amidine groups is 1. The number of phosphoric acid groups is 1. The van der Waals surface area contributed by atoms with Gasteiger partial charge in [0.1, 0.15) is 19.4 Å². The average molecular weight is 416 g/mol. The number of hydrogen-bond donors (Lipinski definition) is 0. The van der Waals surface area contributed by atoms with Gasteiger partial charge in [-0.15, -0.1) is 0 Å². The van der Waals surface area contributed by atoms with Gasteiger partial charge in [-0.05, 0) is 48.9 Å². The van der Waals surface area contributed by atoms with Crippen molar-refractivity contribution < 1.29 is 87.2 Å². The predicted molar refractivity (Wildman–Crippen MR) is 83.5 cm³/mol. The molecule has 1 saturated heterocycles. The Hall–Kier alpha value is 0.330. The summed E-state index contributed by atoms with van der Waals surface area (Å²) in [4.78, 5) is 39.8. The van der Waals surface area contributed by atoms with E-state index in [2.05, 4.69) is 9.52 Å². The van der Waals surface area contributed by atoms with Gasteiger partial charge in [-0.2, -0.15) is 4.99 Å². The maximum Gasteiger partial charge on any atom is 1.00 e. The zero-order chi connectivity index (χ0) is 17.3. The minimum atomic E-state index is -5.30. The zero-order valence-corrected chi connectivity index (χ0v) is 20.0. The molecule has 1 aromatic rings. The smallest absolute Gasteiger partial charge is 0.780 e. The van der Waals surface area contributed by atoms with Gasteiger partial charge in [0.25, 0.3) is 5.91 Å².